The number of aryl methyl sites for hydroxylation is 2. The lowest BCUT2D eigenvalue weighted by atomic mass is 10.3. The van der Waals surface area contributed by atoms with Gasteiger partial charge in [-0.2, -0.15) is 0 Å². The topological polar surface area (TPSA) is 73.8 Å². The van der Waals surface area contributed by atoms with Crippen molar-refractivity contribution < 1.29 is 4.21 Å². The number of nitrogen functional groups attached to an aromatic ring is 1. The first-order valence-electron chi connectivity index (χ1n) is 4.97. The number of aromatic nitrogens is 3. The van der Waals surface area contributed by atoms with Crippen molar-refractivity contribution in [3.8, 4) is 0 Å². The zero-order valence-electron chi connectivity index (χ0n) is 9.30. The smallest absolute Gasteiger partial charge is 0.202 e. The lowest BCUT2D eigenvalue weighted by Crippen LogP contribution is -2.10. The van der Waals surface area contributed by atoms with E-state index in [0.717, 1.165) is 16.9 Å². The van der Waals surface area contributed by atoms with E-state index in [0.29, 0.717) is 18.2 Å². The van der Waals surface area contributed by atoms with Gasteiger partial charge in [0.05, 0.1) is 0 Å². The Morgan fingerprint density at radius 3 is 2.88 bits per heavy atom. The van der Waals surface area contributed by atoms with E-state index in [1.54, 1.807) is 6.26 Å². The molecule has 2 aromatic rings. The van der Waals surface area contributed by atoms with Gasteiger partial charge in [0.25, 0.3) is 0 Å². The summed E-state index contributed by atoms with van der Waals surface area (Å²) in [6.07, 6.45) is 1.67. The number of hydrogen-bond acceptors (Lipinski definition) is 4. The SMILES string of the molecule is Cc1ccc2nc(N)n(CCS(C)=O)c2n1. The highest BCUT2D eigenvalue weighted by molar-refractivity contribution is 7.84. The van der Waals surface area contributed by atoms with Crippen LogP contribution in [0, 0.1) is 6.92 Å². The van der Waals surface area contributed by atoms with Crippen LogP contribution in [0.25, 0.3) is 11.2 Å². The summed E-state index contributed by atoms with van der Waals surface area (Å²) in [5.41, 5.74) is 8.27. The van der Waals surface area contributed by atoms with E-state index < -0.39 is 10.8 Å². The predicted octanol–water partition coefficient (Wildman–Crippen LogP) is 0.700. The van der Waals surface area contributed by atoms with Gasteiger partial charge in [-0.1, -0.05) is 0 Å². The van der Waals surface area contributed by atoms with Gasteiger partial charge in [0.1, 0.15) is 5.52 Å². The van der Waals surface area contributed by atoms with Crippen LogP contribution in [0.3, 0.4) is 0 Å². The summed E-state index contributed by atoms with van der Waals surface area (Å²) in [6, 6.07) is 3.80. The Balaban J connectivity index is 2.45. The third-order valence-corrected chi connectivity index (χ3v) is 3.12. The Labute approximate surface area is 96.1 Å². The Kier molecular flexibility index (Phi) is 2.91. The second kappa shape index (κ2) is 4.21. The zero-order valence-corrected chi connectivity index (χ0v) is 10.1. The normalized spacial score (nSPS) is 13.1. The maximum absolute atomic E-state index is 11.1. The van der Waals surface area contributed by atoms with Crippen LogP contribution in [0.1, 0.15) is 5.69 Å². The molecule has 2 aromatic heterocycles. The molecule has 0 aromatic carbocycles. The maximum Gasteiger partial charge on any atom is 0.202 e. The largest absolute Gasteiger partial charge is 0.369 e. The van der Waals surface area contributed by atoms with Crippen LogP contribution in [0.4, 0.5) is 5.95 Å². The number of imidazole rings is 1. The minimum Gasteiger partial charge on any atom is -0.369 e. The van der Waals surface area contributed by atoms with Gasteiger partial charge >= 0.3 is 0 Å². The van der Waals surface area contributed by atoms with Crippen molar-refractivity contribution in [3.63, 3.8) is 0 Å². The van der Waals surface area contributed by atoms with E-state index in [9.17, 15) is 4.21 Å². The first-order valence-corrected chi connectivity index (χ1v) is 6.70. The molecule has 16 heavy (non-hydrogen) atoms. The van der Waals surface area contributed by atoms with Crippen LogP contribution in [0.15, 0.2) is 12.1 Å². The van der Waals surface area contributed by atoms with Crippen LogP contribution in [-0.2, 0) is 17.3 Å². The molecule has 0 bridgehead atoms. The van der Waals surface area contributed by atoms with Gasteiger partial charge in [-0.05, 0) is 19.1 Å². The Morgan fingerprint density at radius 2 is 2.19 bits per heavy atom. The standard InChI is InChI=1S/C10H14N4OS/c1-7-3-4-8-9(12-7)14(10(11)13-8)5-6-16(2)15/h3-4H,5-6H2,1-2H3,(H2,11,13). The fourth-order valence-corrected chi connectivity index (χ4v) is 1.99. The molecule has 0 radical (unpaired) electrons. The number of anilines is 1. The highest BCUT2D eigenvalue weighted by atomic mass is 32.2. The Hall–Kier alpha value is -1.43. The fourth-order valence-electron chi connectivity index (χ4n) is 1.55. The fraction of sp³-hybridized carbons (Fsp3) is 0.400. The molecule has 2 heterocycles. The molecular weight excluding hydrogens is 224 g/mol. The Bertz CT molecular complexity index is 549. The van der Waals surface area contributed by atoms with Gasteiger partial charge in [0.2, 0.25) is 5.95 Å². The van der Waals surface area contributed by atoms with E-state index in [1.807, 2.05) is 23.6 Å². The van der Waals surface area contributed by atoms with E-state index in [2.05, 4.69) is 9.97 Å². The van der Waals surface area contributed by atoms with Gasteiger partial charge in [-0.3, -0.25) is 8.78 Å². The van der Waals surface area contributed by atoms with Crippen LogP contribution in [0.2, 0.25) is 0 Å². The molecule has 86 valence electrons. The zero-order chi connectivity index (χ0) is 11.7. The number of nitrogens with two attached hydrogens (primary N) is 1. The summed E-state index contributed by atoms with van der Waals surface area (Å²) in [7, 11) is -0.839. The molecule has 0 saturated heterocycles. The van der Waals surface area contributed by atoms with Crippen molar-refractivity contribution in [2.24, 2.45) is 0 Å². The molecule has 0 aliphatic carbocycles. The second-order valence-electron chi connectivity index (χ2n) is 3.69. The molecular formula is C10H14N4OS. The van der Waals surface area contributed by atoms with Crippen molar-refractivity contribution in [1.82, 2.24) is 14.5 Å². The van der Waals surface area contributed by atoms with Crippen molar-refractivity contribution in [2.45, 2.75) is 13.5 Å². The van der Waals surface area contributed by atoms with Crippen LogP contribution < -0.4 is 5.73 Å². The minimum atomic E-state index is -0.839. The molecule has 1 atom stereocenters. The molecule has 2 N–H and O–H groups in total. The van der Waals surface area contributed by atoms with Crippen LogP contribution in [-0.4, -0.2) is 30.8 Å². The molecule has 0 aliphatic rings. The highest BCUT2D eigenvalue weighted by Crippen LogP contribution is 2.15. The third kappa shape index (κ3) is 2.06. The van der Waals surface area contributed by atoms with E-state index >= 15 is 0 Å². The van der Waals surface area contributed by atoms with Crippen molar-refractivity contribution in [2.75, 3.05) is 17.7 Å². The Morgan fingerprint density at radius 1 is 1.44 bits per heavy atom. The van der Waals surface area contributed by atoms with Crippen molar-refractivity contribution in [3.05, 3.63) is 17.8 Å². The highest BCUT2D eigenvalue weighted by Gasteiger charge is 2.09. The summed E-state index contributed by atoms with van der Waals surface area (Å²) in [5, 5.41) is 0. The quantitative estimate of drug-likeness (QED) is 0.854. The lowest BCUT2D eigenvalue weighted by Gasteiger charge is -2.04. The van der Waals surface area contributed by atoms with Gasteiger partial charge in [0.15, 0.2) is 5.65 Å². The van der Waals surface area contributed by atoms with Crippen LogP contribution >= 0.6 is 0 Å². The first-order chi connectivity index (χ1) is 7.58. The molecule has 0 aliphatic heterocycles. The molecule has 6 heteroatoms. The summed E-state index contributed by atoms with van der Waals surface area (Å²) >= 11 is 0. The average molecular weight is 238 g/mol. The molecule has 0 saturated carbocycles. The second-order valence-corrected chi connectivity index (χ2v) is 5.25. The van der Waals surface area contributed by atoms with Crippen molar-refractivity contribution >= 4 is 27.9 Å². The molecule has 1 unspecified atom stereocenters. The van der Waals surface area contributed by atoms with E-state index in [1.165, 1.54) is 0 Å². The molecule has 5 nitrogen and oxygen atoms in total. The minimum absolute atomic E-state index is 0.429. The molecule has 0 spiro atoms. The summed E-state index contributed by atoms with van der Waals surface area (Å²) in [5.74, 6) is 0.990. The molecule has 2 rings (SSSR count). The molecule has 0 fully saturated rings. The van der Waals surface area contributed by atoms with Gasteiger partial charge in [-0.15, -0.1) is 0 Å². The predicted molar refractivity (Wildman–Crippen MR) is 65.6 cm³/mol. The number of fused-ring (bicyclic) bond motifs is 1. The van der Waals surface area contributed by atoms with E-state index in [-0.39, 0.29) is 0 Å². The molecule has 0 amide bonds. The van der Waals surface area contributed by atoms with Gasteiger partial charge < -0.3 is 5.73 Å². The van der Waals surface area contributed by atoms with E-state index in [4.69, 9.17) is 5.73 Å². The van der Waals surface area contributed by atoms with Crippen LogP contribution in [0.5, 0.6) is 0 Å². The monoisotopic (exact) mass is 238 g/mol. The lowest BCUT2D eigenvalue weighted by molar-refractivity contribution is 0.679. The first kappa shape index (κ1) is 11.1. The summed E-state index contributed by atoms with van der Waals surface area (Å²) in [6.45, 7) is 2.51. The summed E-state index contributed by atoms with van der Waals surface area (Å²) < 4.78 is 12.9. The van der Waals surface area contributed by atoms with Gasteiger partial charge in [-0.25, -0.2) is 9.97 Å². The van der Waals surface area contributed by atoms with Crippen molar-refractivity contribution in [1.29, 1.82) is 0 Å². The number of nitrogens with zero attached hydrogens (tertiary/aromatic N) is 3. The third-order valence-electron chi connectivity index (χ3n) is 2.36. The summed E-state index contributed by atoms with van der Waals surface area (Å²) in [4.78, 5) is 8.61. The number of rotatable bonds is 3. The number of hydrogen-bond donors (Lipinski definition) is 1. The average Bonchev–Trinajstić information content (AvgIpc) is 2.51. The number of pyridine rings is 1. The maximum atomic E-state index is 11.1. The van der Waals surface area contributed by atoms with Gasteiger partial charge in [0, 0.05) is 35.0 Å².